The van der Waals surface area contributed by atoms with Crippen LogP contribution < -0.4 is 15.5 Å². The molecule has 1 spiro atoms. The lowest BCUT2D eigenvalue weighted by Gasteiger charge is -2.42. The Morgan fingerprint density at radius 2 is 1.95 bits per heavy atom. The topological polar surface area (TPSA) is 118 Å². The quantitative estimate of drug-likeness (QED) is 0.343. The van der Waals surface area contributed by atoms with Gasteiger partial charge < -0.3 is 15.5 Å². The lowest BCUT2D eigenvalue weighted by atomic mass is 9.73. The minimum Gasteiger partial charge on any atom is -0.355 e. The number of rotatable bonds is 3. The molecule has 3 N–H and O–H groups in total. The second-order valence-electron chi connectivity index (χ2n) is 11.6. The first-order chi connectivity index (χ1) is 20.0. The Morgan fingerprint density at radius 1 is 1.07 bits per heavy atom. The summed E-state index contributed by atoms with van der Waals surface area (Å²) in [7, 11) is 1.91. The number of anilines is 3. The molecule has 0 radical (unpaired) electrons. The van der Waals surface area contributed by atoms with Gasteiger partial charge in [-0.15, -0.1) is 0 Å². The van der Waals surface area contributed by atoms with Crippen LogP contribution in [0, 0.1) is 11.2 Å². The molecule has 1 aromatic carbocycles. The average Bonchev–Trinajstić information content (AvgIpc) is 3.69. The Labute approximate surface area is 236 Å². The minimum atomic E-state index is -0.213. The first kappa shape index (κ1) is 24.4. The van der Waals surface area contributed by atoms with E-state index in [-0.39, 0.29) is 17.3 Å². The first-order valence-corrected chi connectivity index (χ1v) is 14.2. The standard InChI is InChI=1S/C30H31FN10/c1-39-17-19(15-34-39)22-6-7-24-23(35-22)3-2-10-41(24)29-26-28(37-38-29)36-25(16-33-26)40-11-8-30(9-12-40)14-18-4-5-20(31)13-21(18)27(30)32/h4-7,13,15-17,27H,2-3,8-12,14,32H2,1H3,(H,36,37,38)/t27-/m1/s1. The van der Waals surface area contributed by atoms with E-state index in [1.165, 1.54) is 5.56 Å². The number of aromatic nitrogens is 7. The number of fused-ring (bicyclic) bond motifs is 3. The Kier molecular flexibility index (Phi) is 5.40. The Balaban J connectivity index is 1.03. The van der Waals surface area contributed by atoms with Crippen LogP contribution in [-0.4, -0.2) is 54.6 Å². The predicted molar refractivity (Wildman–Crippen MR) is 154 cm³/mol. The molecule has 0 saturated carbocycles. The average molecular weight is 551 g/mol. The lowest BCUT2D eigenvalue weighted by molar-refractivity contribution is 0.187. The third kappa shape index (κ3) is 3.90. The predicted octanol–water partition coefficient (Wildman–Crippen LogP) is 4.21. The second-order valence-corrected chi connectivity index (χ2v) is 11.6. The highest BCUT2D eigenvalue weighted by atomic mass is 19.1. The normalized spacial score (nSPS) is 19.6. The summed E-state index contributed by atoms with van der Waals surface area (Å²) >= 11 is 0. The molecule has 2 aliphatic heterocycles. The van der Waals surface area contributed by atoms with Gasteiger partial charge in [-0.25, -0.2) is 14.4 Å². The van der Waals surface area contributed by atoms with Gasteiger partial charge >= 0.3 is 0 Å². The number of piperidine rings is 1. The van der Waals surface area contributed by atoms with Gasteiger partial charge in [0.15, 0.2) is 17.0 Å². The summed E-state index contributed by atoms with van der Waals surface area (Å²) < 4.78 is 15.7. The van der Waals surface area contributed by atoms with E-state index in [2.05, 4.69) is 31.2 Å². The van der Waals surface area contributed by atoms with Gasteiger partial charge in [-0.1, -0.05) is 6.07 Å². The summed E-state index contributed by atoms with van der Waals surface area (Å²) in [6.45, 7) is 2.50. The zero-order chi connectivity index (χ0) is 27.7. The molecule has 0 unspecified atom stereocenters. The van der Waals surface area contributed by atoms with E-state index in [1.54, 1.807) is 16.8 Å². The maximum atomic E-state index is 13.9. The van der Waals surface area contributed by atoms with Crippen molar-refractivity contribution < 1.29 is 4.39 Å². The van der Waals surface area contributed by atoms with Crippen molar-refractivity contribution in [2.24, 2.45) is 18.2 Å². The van der Waals surface area contributed by atoms with Crippen LogP contribution in [-0.2, 0) is 19.9 Å². The molecule has 1 aliphatic carbocycles. The molecule has 1 atom stereocenters. The molecular formula is C30H31FN10. The number of aryl methyl sites for hydroxylation is 2. The molecule has 41 heavy (non-hydrogen) atoms. The zero-order valence-electron chi connectivity index (χ0n) is 22.9. The number of nitrogens with one attached hydrogen (secondary N) is 1. The summed E-state index contributed by atoms with van der Waals surface area (Å²) in [6, 6.07) is 9.09. The van der Waals surface area contributed by atoms with Crippen molar-refractivity contribution in [1.82, 2.24) is 34.9 Å². The van der Waals surface area contributed by atoms with Gasteiger partial charge in [0, 0.05) is 44.5 Å². The maximum absolute atomic E-state index is 13.9. The summed E-state index contributed by atoms with van der Waals surface area (Å²) in [5.41, 5.74) is 14.3. The molecule has 4 aromatic heterocycles. The zero-order valence-corrected chi connectivity index (χ0v) is 22.9. The highest BCUT2D eigenvalue weighted by Crippen LogP contribution is 2.51. The molecule has 11 heteroatoms. The number of halogens is 1. The van der Waals surface area contributed by atoms with E-state index in [0.717, 1.165) is 97.1 Å². The molecule has 3 aliphatic rings. The van der Waals surface area contributed by atoms with E-state index in [4.69, 9.17) is 20.7 Å². The third-order valence-corrected chi connectivity index (χ3v) is 9.26. The first-order valence-electron chi connectivity index (χ1n) is 14.2. The molecule has 208 valence electrons. The number of H-pyrrole nitrogens is 1. The van der Waals surface area contributed by atoms with Gasteiger partial charge in [0.1, 0.15) is 11.6 Å². The Morgan fingerprint density at radius 3 is 2.78 bits per heavy atom. The van der Waals surface area contributed by atoms with Crippen LogP contribution >= 0.6 is 0 Å². The summed E-state index contributed by atoms with van der Waals surface area (Å²) in [6.07, 6.45) is 10.3. The Bertz CT molecular complexity index is 1780. The number of aromatic amines is 1. The van der Waals surface area contributed by atoms with Gasteiger partial charge in [-0.3, -0.25) is 14.8 Å². The number of hydrogen-bond donors (Lipinski definition) is 2. The number of hydrogen-bond acceptors (Lipinski definition) is 8. The van der Waals surface area contributed by atoms with Crippen molar-refractivity contribution in [3.63, 3.8) is 0 Å². The second kappa shape index (κ2) is 9.07. The van der Waals surface area contributed by atoms with Crippen LogP contribution in [0.2, 0.25) is 0 Å². The van der Waals surface area contributed by atoms with Crippen molar-refractivity contribution >= 4 is 28.5 Å². The Hall–Kier alpha value is -4.38. The lowest BCUT2D eigenvalue weighted by Crippen LogP contribution is -2.44. The monoisotopic (exact) mass is 550 g/mol. The highest BCUT2D eigenvalue weighted by Gasteiger charge is 2.46. The van der Waals surface area contributed by atoms with E-state index in [0.29, 0.717) is 5.65 Å². The summed E-state index contributed by atoms with van der Waals surface area (Å²) in [5, 5.41) is 12.1. The van der Waals surface area contributed by atoms with Crippen LogP contribution in [0.3, 0.4) is 0 Å². The summed E-state index contributed by atoms with van der Waals surface area (Å²) in [5.74, 6) is 1.39. The van der Waals surface area contributed by atoms with Gasteiger partial charge in [-0.05, 0) is 72.9 Å². The van der Waals surface area contributed by atoms with E-state index in [9.17, 15) is 4.39 Å². The molecule has 0 amide bonds. The fourth-order valence-electron chi connectivity index (χ4n) is 7.01. The summed E-state index contributed by atoms with van der Waals surface area (Å²) in [4.78, 5) is 19.2. The van der Waals surface area contributed by atoms with Crippen LogP contribution in [0.5, 0.6) is 0 Å². The van der Waals surface area contributed by atoms with Gasteiger partial charge in [0.05, 0.1) is 29.5 Å². The fraction of sp³-hybridized carbons (Fsp3) is 0.367. The molecule has 0 bridgehead atoms. The number of nitrogens with zero attached hydrogens (tertiary/aromatic N) is 8. The molecule has 8 rings (SSSR count). The smallest absolute Gasteiger partial charge is 0.183 e. The molecule has 10 nitrogen and oxygen atoms in total. The van der Waals surface area contributed by atoms with Crippen LogP contribution in [0.25, 0.3) is 22.4 Å². The van der Waals surface area contributed by atoms with Crippen molar-refractivity contribution in [2.75, 3.05) is 29.4 Å². The minimum absolute atomic E-state index is 0.0299. The SMILES string of the molecule is Cn1cc(-c2ccc3c(n2)CCCN3c2n[nH]c3nc(N4CCC5(CC4)Cc4ccc(F)cc4[C@H]5N)cnc23)cn1. The number of pyridine rings is 1. The molecule has 1 fully saturated rings. The van der Waals surface area contributed by atoms with Crippen LogP contribution in [0.15, 0.2) is 48.9 Å². The molecule has 1 saturated heterocycles. The number of benzene rings is 1. The number of nitrogens with two attached hydrogens (primary N) is 1. The van der Waals surface area contributed by atoms with Gasteiger partial charge in [0.2, 0.25) is 0 Å². The molecule has 6 heterocycles. The van der Waals surface area contributed by atoms with Crippen molar-refractivity contribution in [3.8, 4) is 11.3 Å². The van der Waals surface area contributed by atoms with Crippen LogP contribution in [0.1, 0.15) is 42.1 Å². The highest BCUT2D eigenvalue weighted by molar-refractivity contribution is 5.87. The maximum Gasteiger partial charge on any atom is 0.183 e. The van der Waals surface area contributed by atoms with Crippen molar-refractivity contribution in [2.45, 2.75) is 38.1 Å². The molecule has 5 aromatic rings. The van der Waals surface area contributed by atoms with Crippen molar-refractivity contribution in [1.29, 1.82) is 0 Å². The largest absolute Gasteiger partial charge is 0.355 e. The fourth-order valence-corrected chi connectivity index (χ4v) is 7.01. The molecular weight excluding hydrogens is 519 g/mol. The van der Waals surface area contributed by atoms with Crippen LogP contribution in [0.4, 0.5) is 21.7 Å². The van der Waals surface area contributed by atoms with Gasteiger partial charge in [-0.2, -0.15) is 10.2 Å². The van der Waals surface area contributed by atoms with Crippen molar-refractivity contribution in [3.05, 3.63) is 71.6 Å². The van der Waals surface area contributed by atoms with E-state index in [1.807, 2.05) is 37.8 Å². The third-order valence-electron chi connectivity index (χ3n) is 9.26. The van der Waals surface area contributed by atoms with E-state index >= 15 is 0 Å². The van der Waals surface area contributed by atoms with Gasteiger partial charge in [0.25, 0.3) is 0 Å². The van der Waals surface area contributed by atoms with E-state index < -0.39 is 0 Å².